The highest BCUT2D eigenvalue weighted by Crippen LogP contribution is 2.30. The van der Waals surface area contributed by atoms with Crippen molar-refractivity contribution in [3.05, 3.63) is 0 Å². The van der Waals surface area contributed by atoms with Crippen molar-refractivity contribution >= 4 is 11.8 Å². The molecule has 1 N–H and O–H groups in total. The van der Waals surface area contributed by atoms with Gasteiger partial charge >= 0.3 is 0 Å². The van der Waals surface area contributed by atoms with Crippen LogP contribution < -0.4 is 5.32 Å². The third-order valence-electron chi connectivity index (χ3n) is 3.67. The van der Waals surface area contributed by atoms with Crippen LogP contribution in [0.25, 0.3) is 0 Å². The third kappa shape index (κ3) is 3.11. The summed E-state index contributed by atoms with van der Waals surface area (Å²) in [5.41, 5.74) is 0. The van der Waals surface area contributed by atoms with Crippen molar-refractivity contribution in [2.24, 2.45) is 0 Å². The van der Waals surface area contributed by atoms with Gasteiger partial charge in [0.1, 0.15) is 0 Å². The molecule has 0 spiro atoms. The molecule has 0 aromatic rings. The predicted molar refractivity (Wildman–Crippen MR) is 68.6 cm³/mol. The van der Waals surface area contributed by atoms with Crippen molar-refractivity contribution in [2.45, 2.75) is 49.9 Å². The second kappa shape index (κ2) is 5.55. The number of hydrogen-bond donors (Lipinski definition) is 1. The van der Waals surface area contributed by atoms with Gasteiger partial charge in [0.15, 0.2) is 0 Å². The van der Waals surface area contributed by atoms with E-state index in [9.17, 15) is 0 Å². The lowest BCUT2D eigenvalue weighted by atomic mass is 10.2. The maximum absolute atomic E-state index is 3.88. The van der Waals surface area contributed by atoms with Gasteiger partial charge in [0.05, 0.1) is 0 Å². The van der Waals surface area contributed by atoms with E-state index in [4.69, 9.17) is 0 Å². The molecule has 0 aromatic heterocycles. The Kier molecular flexibility index (Phi) is 4.35. The van der Waals surface area contributed by atoms with Gasteiger partial charge in [-0.25, -0.2) is 0 Å². The van der Waals surface area contributed by atoms with Crippen molar-refractivity contribution in [2.75, 3.05) is 25.9 Å². The third-order valence-corrected chi connectivity index (χ3v) is 5.00. The summed E-state index contributed by atoms with van der Waals surface area (Å²) in [5, 5.41) is 4.77. The fourth-order valence-electron chi connectivity index (χ4n) is 2.90. The van der Waals surface area contributed by atoms with Gasteiger partial charge in [-0.1, -0.05) is 13.3 Å². The van der Waals surface area contributed by atoms with Crippen LogP contribution in [0.3, 0.4) is 0 Å². The summed E-state index contributed by atoms with van der Waals surface area (Å²) in [5.74, 6) is 1.27. The molecule has 15 heavy (non-hydrogen) atoms. The van der Waals surface area contributed by atoms with E-state index in [1.165, 1.54) is 44.5 Å². The fraction of sp³-hybridized carbons (Fsp3) is 1.00. The number of thioether (sulfide) groups is 1. The van der Waals surface area contributed by atoms with Gasteiger partial charge < -0.3 is 10.2 Å². The Labute approximate surface area is 98.2 Å². The molecule has 0 amide bonds. The quantitative estimate of drug-likeness (QED) is 0.792. The summed E-state index contributed by atoms with van der Waals surface area (Å²) in [6, 6.07) is 1.56. The molecule has 3 heteroatoms. The average molecular weight is 228 g/mol. The molecule has 2 aliphatic rings. The molecule has 3 unspecified atom stereocenters. The molecule has 88 valence electrons. The molecule has 2 nitrogen and oxygen atoms in total. The molecule has 1 saturated heterocycles. The van der Waals surface area contributed by atoms with Crippen LogP contribution in [0.4, 0.5) is 0 Å². The molecule has 0 aromatic carbocycles. The highest BCUT2D eigenvalue weighted by Gasteiger charge is 2.30. The molecule has 1 saturated carbocycles. The van der Waals surface area contributed by atoms with E-state index in [1.54, 1.807) is 0 Å². The van der Waals surface area contributed by atoms with Crippen molar-refractivity contribution < 1.29 is 0 Å². The Morgan fingerprint density at radius 2 is 2.20 bits per heavy atom. The summed E-state index contributed by atoms with van der Waals surface area (Å²) in [4.78, 5) is 2.44. The Hall–Kier alpha value is 0.270. The molecule has 0 bridgehead atoms. The van der Waals surface area contributed by atoms with Gasteiger partial charge in [-0.2, -0.15) is 11.8 Å². The number of nitrogens with zero attached hydrogens (tertiary/aromatic N) is 1. The number of likely N-dealkylation sites (N-methyl/N-ethyl adjacent to an activating group) is 1. The molecule has 2 fully saturated rings. The maximum Gasteiger partial charge on any atom is 0.0210 e. The van der Waals surface area contributed by atoms with Gasteiger partial charge in [0.25, 0.3) is 0 Å². The maximum atomic E-state index is 3.88. The largest absolute Gasteiger partial charge is 0.309 e. The first-order valence-electron chi connectivity index (χ1n) is 6.35. The number of hydrogen-bond acceptors (Lipinski definition) is 3. The molecule has 2 rings (SSSR count). The van der Waals surface area contributed by atoms with E-state index in [-0.39, 0.29) is 0 Å². The highest BCUT2D eigenvalue weighted by molar-refractivity contribution is 7.99. The zero-order chi connectivity index (χ0) is 10.7. The van der Waals surface area contributed by atoms with Crippen molar-refractivity contribution in [1.82, 2.24) is 10.2 Å². The first kappa shape index (κ1) is 11.7. The van der Waals surface area contributed by atoms with Gasteiger partial charge in [0.2, 0.25) is 0 Å². The lowest BCUT2D eigenvalue weighted by molar-refractivity contribution is 0.382. The Morgan fingerprint density at radius 3 is 2.87 bits per heavy atom. The van der Waals surface area contributed by atoms with Crippen LogP contribution in [0.5, 0.6) is 0 Å². The zero-order valence-corrected chi connectivity index (χ0v) is 10.9. The van der Waals surface area contributed by atoms with Crippen LogP contribution in [-0.2, 0) is 0 Å². The minimum absolute atomic E-state index is 0.762. The Balaban J connectivity index is 1.77. The van der Waals surface area contributed by atoms with E-state index >= 15 is 0 Å². The van der Waals surface area contributed by atoms with Gasteiger partial charge in [-0.3, -0.25) is 0 Å². The van der Waals surface area contributed by atoms with E-state index in [2.05, 4.69) is 35.9 Å². The summed E-state index contributed by atoms with van der Waals surface area (Å²) < 4.78 is 0. The van der Waals surface area contributed by atoms with Crippen molar-refractivity contribution in [3.8, 4) is 0 Å². The number of likely N-dealkylation sites (tertiary alicyclic amines) is 1. The zero-order valence-electron chi connectivity index (χ0n) is 10.0. The predicted octanol–water partition coefficient (Wildman–Crippen LogP) is 1.95. The van der Waals surface area contributed by atoms with Gasteiger partial charge in [-0.15, -0.1) is 0 Å². The van der Waals surface area contributed by atoms with Gasteiger partial charge in [0, 0.05) is 23.9 Å². The second-order valence-electron chi connectivity index (χ2n) is 4.95. The van der Waals surface area contributed by atoms with Gasteiger partial charge in [-0.05, 0) is 38.6 Å². The van der Waals surface area contributed by atoms with Crippen LogP contribution in [0.1, 0.15) is 32.6 Å². The lowest BCUT2D eigenvalue weighted by Gasteiger charge is -2.24. The molecule has 3 atom stereocenters. The number of rotatable bonds is 4. The molecular weight excluding hydrogens is 204 g/mol. The topological polar surface area (TPSA) is 15.3 Å². The van der Waals surface area contributed by atoms with Crippen molar-refractivity contribution in [3.63, 3.8) is 0 Å². The molecule has 1 aliphatic heterocycles. The fourth-order valence-corrected chi connectivity index (χ4v) is 4.11. The summed E-state index contributed by atoms with van der Waals surface area (Å²) >= 11 is 2.16. The molecule has 1 aliphatic carbocycles. The smallest absolute Gasteiger partial charge is 0.0210 e. The normalized spacial score (nSPS) is 37.6. The molecular formula is C12H24N2S. The number of nitrogens with one attached hydrogen (secondary N) is 1. The monoisotopic (exact) mass is 228 g/mol. The van der Waals surface area contributed by atoms with E-state index < -0.39 is 0 Å². The first-order valence-corrected chi connectivity index (χ1v) is 7.40. The standard InChI is InChI=1S/C12H24N2S/c1-3-15-12-6-4-5-11(12)13-10-7-8-14(2)9-10/h10-13H,3-9H2,1-2H3. The molecule has 0 radical (unpaired) electrons. The van der Waals surface area contributed by atoms with Crippen LogP contribution >= 0.6 is 11.8 Å². The van der Waals surface area contributed by atoms with Crippen LogP contribution in [0.2, 0.25) is 0 Å². The SMILES string of the molecule is CCSC1CCCC1NC1CCN(C)C1. The van der Waals surface area contributed by atoms with Crippen LogP contribution in [-0.4, -0.2) is 48.1 Å². The lowest BCUT2D eigenvalue weighted by Crippen LogP contribution is -2.42. The highest BCUT2D eigenvalue weighted by atomic mass is 32.2. The van der Waals surface area contributed by atoms with Crippen LogP contribution in [0.15, 0.2) is 0 Å². The Bertz CT molecular complexity index is 198. The first-order chi connectivity index (χ1) is 7.29. The molecule has 1 heterocycles. The van der Waals surface area contributed by atoms with E-state index in [0.717, 1.165) is 17.3 Å². The van der Waals surface area contributed by atoms with E-state index in [1.807, 2.05) is 0 Å². The Morgan fingerprint density at radius 1 is 1.33 bits per heavy atom. The van der Waals surface area contributed by atoms with E-state index in [0.29, 0.717) is 0 Å². The summed E-state index contributed by atoms with van der Waals surface area (Å²) in [6.45, 7) is 4.80. The average Bonchev–Trinajstić information content (AvgIpc) is 2.78. The van der Waals surface area contributed by atoms with Crippen molar-refractivity contribution in [1.29, 1.82) is 0 Å². The van der Waals surface area contributed by atoms with Crippen LogP contribution in [0, 0.1) is 0 Å². The minimum atomic E-state index is 0.762. The summed E-state index contributed by atoms with van der Waals surface area (Å²) in [6.07, 6.45) is 5.60. The summed E-state index contributed by atoms with van der Waals surface area (Å²) in [7, 11) is 2.23. The second-order valence-corrected chi connectivity index (χ2v) is 6.46. The minimum Gasteiger partial charge on any atom is -0.309 e.